The average Bonchev–Trinajstić information content (AvgIpc) is 2.87. The van der Waals surface area contributed by atoms with Crippen LogP contribution >= 0.6 is 0 Å². The van der Waals surface area contributed by atoms with E-state index in [0.29, 0.717) is 17.3 Å². The first-order chi connectivity index (χ1) is 9.54. The van der Waals surface area contributed by atoms with Crippen LogP contribution in [0.3, 0.4) is 0 Å². The number of nitrogens with two attached hydrogens (primary N) is 1. The number of amides is 1. The largest absolute Gasteiger partial charge is 0.484 e. The molecule has 0 saturated carbocycles. The minimum Gasteiger partial charge on any atom is -0.484 e. The van der Waals surface area contributed by atoms with E-state index in [9.17, 15) is 4.79 Å². The van der Waals surface area contributed by atoms with E-state index in [1.807, 2.05) is 13.8 Å². The molecular formula is C13H16N4O3. The molecular weight excluding hydrogens is 260 g/mol. The summed E-state index contributed by atoms with van der Waals surface area (Å²) in [7, 11) is 0. The molecule has 3 N–H and O–H groups in total. The summed E-state index contributed by atoms with van der Waals surface area (Å²) in [6, 6.07) is 6.83. The smallest absolute Gasteiger partial charge is 0.322 e. The van der Waals surface area contributed by atoms with Crippen LogP contribution in [0.15, 0.2) is 28.7 Å². The van der Waals surface area contributed by atoms with Gasteiger partial charge in [0.05, 0.1) is 0 Å². The molecule has 1 aromatic carbocycles. The molecule has 7 nitrogen and oxygen atoms in total. The number of benzene rings is 1. The maximum Gasteiger partial charge on any atom is 0.322 e. The van der Waals surface area contributed by atoms with Crippen molar-refractivity contribution in [2.45, 2.75) is 19.8 Å². The van der Waals surface area contributed by atoms with E-state index >= 15 is 0 Å². The summed E-state index contributed by atoms with van der Waals surface area (Å²) >= 11 is 0. The maximum atomic E-state index is 11.6. The van der Waals surface area contributed by atoms with Gasteiger partial charge in [0.1, 0.15) is 5.75 Å². The highest BCUT2D eigenvalue weighted by molar-refractivity contribution is 5.89. The van der Waals surface area contributed by atoms with Crippen LogP contribution in [-0.4, -0.2) is 22.7 Å². The summed E-state index contributed by atoms with van der Waals surface area (Å²) in [5.41, 5.74) is 6.18. The number of nitrogens with one attached hydrogen (secondary N) is 1. The minimum absolute atomic E-state index is 0.0691. The topological polar surface area (TPSA) is 103 Å². The van der Waals surface area contributed by atoms with Crippen molar-refractivity contribution in [3.05, 3.63) is 30.2 Å². The summed E-state index contributed by atoms with van der Waals surface area (Å²) in [6.45, 7) is 3.69. The molecule has 7 heteroatoms. The molecule has 0 aliphatic rings. The number of carbonyl (C=O) groups excluding carboxylic acids is 1. The monoisotopic (exact) mass is 276 g/mol. The Balaban J connectivity index is 1.84. The molecule has 106 valence electrons. The van der Waals surface area contributed by atoms with Crippen LogP contribution in [0.5, 0.6) is 5.75 Å². The number of hydrogen-bond acceptors (Lipinski definition) is 6. The molecule has 0 saturated heterocycles. The Bertz CT molecular complexity index is 578. The van der Waals surface area contributed by atoms with Crippen molar-refractivity contribution < 1.29 is 13.9 Å². The van der Waals surface area contributed by atoms with Gasteiger partial charge in [-0.15, -0.1) is 5.10 Å². The van der Waals surface area contributed by atoms with E-state index in [0.717, 1.165) is 0 Å². The third kappa shape index (κ3) is 3.71. The van der Waals surface area contributed by atoms with Crippen LogP contribution < -0.4 is 15.8 Å². The number of aromatic nitrogens is 2. The molecule has 1 aromatic heterocycles. The van der Waals surface area contributed by atoms with E-state index < -0.39 is 0 Å². The third-order valence-electron chi connectivity index (χ3n) is 2.43. The normalized spacial score (nSPS) is 10.6. The lowest BCUT2D eigenvalue weighted by Gasteiger charge is -2.05. The summed E-state index contributed by atoms with van der Waals surface area (Å²) in [4.78, 5) is 11.6. The number of ether oxygens (including phenoxy) is 1. The van der Waals surface area contributed by atoms with Crippen molar-refractivity contribution in [3.63, 3.8) is 0 Å². The summed E-state index contributed by atoms with van der Waals surface area (Å²) in [5.74, 6) is 0.766. The Labute approximate surface area is 116 Å². The highest BCUT2D eigenvalue weighted by atomic mass is 16.5. The average molecular weight is 276 g/mol. The van der Waals surface area contributed by atoms with E-state index in [1.54, 1.807) is 24.3 Å². The lowest BCUT2D eigenvalue weighted by molar-refractivity contribution is -0.118. The van der Waals surface area contributed by atoms with Gasteiger partial charge < -0.3 is 14.9 Å². The second-order valence-electron chi connectivity index (χ2n) is 4.51. The van der Waals surface area contributed by atoms with Crippen LogP contribution in [0.25, 0.3) is 0 Å². The van der Waals surface area contributed by atoms with E-state index in [-0.39, 0.29) is 24.4 Å². The molecule has 1 heterocycles. The van der Waals surface area contributed by atoms with Crippen molar-refractivity contribution >= 4 is 17.6 Å². The maximum absolute atomic E-state index is 11.6. The van der Waals surface area contributed by atoms with Crippen molar-refractivity contribution in [3.8, 4) is 5.75 Å². The van der Waals surface area contributed by atoms with Crippen LogP contribution in [0.1, 0.15) is 25.7 Å². The fraction of sp³-hybridized carbons (Fsp3) is 0.308. The zero-order valence-electron chi connectivity index (χ0n) is 11.3. The molecule has 0 radical (unpaired) electrons. The van der Waals surface area contributed by atoms with Gasteiger partial charge in [0, 0.05) is 11.6 Å². The second kappa shape index (κ2) is 6.05. The fourth-order valence-corrected chi connectivity index (χ4v) is 1.39. The van der Waals surface area contributed by atoms with Gasteiger partial charge in [0.15, 0.2) is 6.61 Å². The summed E-state index contributed by atoms with van der Waals surface area (Å²) in [5, 5.41) is 10.0. The first-order valence-corrected chi connectivity index (χ1v) is 6.16. The van der Waals surface area contributed by atoms with Crippen LogP contribution in [0.4, 0.5) is 11.7 Å². The van der Waals surface area contributed by atoms with E-state index in [2.05, 4.69) is 15.5 Å². The first kappa shape index (κ1) is 13.9. The number of nitrogens with zero attached hydrogens (tertiary/aromatic N) is 2. The molecule has 0 spiro atoms. The lowest BCUT2D eigenvalue weighted by Crippen LogP contribution is -2.20. The number of carbonyl (C=O) groups is 1. The van der Waals surface area contributed by atoms with Gasteiger partial charge in [-0.1, -0.05) is 18.9 Å². The molecule has 1 amide bonds. The lowest BCUT2D eigenvalue weighted by atomic mass is 10.2. The quantitative estimate of drug-likeness (QED) is 0.807. The highest BCUT2D eigenvalue weighted by Crippen LogP contribution is 2.15. The van der Waals surface area contributed by atoms with Crippen LogP contribution in [-0.2, 0) is 4.79 Å². The number of rotatable bonds is 5. The Kier molecular flexibility index (Phi) is 4.19. The number of hydrogen-bond donors (Lipinski definition) is 2. The molecule has 0 bridgehead atoms. The fourth-order valence-electron chi connectivity index (χ4n) is 1.39. The molecule has 0 aliphatic carbocycles. The van der Waals surface area contributed by atoms with Gasteiger partial charge in [0.2, 0.25) is 5.89 Å². The van der Waals surface area contributed by atoms with Crippen molar-refractivity contribution in [1.82, 2.24) is 10.2 Å². The molecule has 20 heavy (non-hydrogen) atoms. The predicted molar refractivity (Wildman–Crippen MR) is 73.4 cm³/mol. The van der Waals surface area contributed by atoms with Crippen LogP contribution in [0.2, 0.25) is 0 Å². The van der Waals surface area contributed by atoms with Gasteiger partial charge in [0.25, 0.3) is 5.91 Å². The van der Waals surface area contributed by atoms with Gasteiger partial charge in [-0.25, -0.2) is 0 Å². The van der Waals surface area contributed by atoms with E-state index in [1.165, 1.54) is 0 Å². The van der Waals surface area contributed by atoms with Gasteiger partial charge in [-0.2, -0.15) is 0 Å². The SMILES string of the molecule is CC(C)c1nnc(NC(=O)COc2ccc(N)cc2)o1. The van der Waals surface area contributed by atoms with Gasteiger partial charge in [-0.3, -0.25) is 10.1 Å². The molecule has 0 aliphatic heterocycles. The molecule has 2 rings (SSSR count). The Morgan fingerprint density at radius 1 is 1.35 bits per heavy atom. The van der Waals surface area contributed by atoms with Crippen molar-refractivity contribution in [1.29, 1.82) is 0 Å². The standard InChI is InChI=1S/C13H16N4O3/c1-8(2)12-16-17-13(20-12)15-11(18)7-19-10-5-3-9(14)4-6-10/h3-6,8H,7,14H2,1-2H3,(H,15,17,18). The van der Waals surface area contributed by atoms with E-state index in [4.69, 9.17) is 14.9 Å². The Hall–Kier alpha value is -2.57. The zero-order chi connectivity index (χ0) is 14.5. The summed E-state index contributed by atoms with van der Waals surface area (Å²) < 4.78 is 10.5. The number of nitrogen functional groups attached to an aromatic ring is 1. The third-order valence-corrected chi connectivity index (χ3v) is 2.43. The van der Waals surface area contributed by atoms with Crippen LogP contribution in [0, 0.1) is 0 Å². The minimum atomic E-state index is -0.374. The summed E-state index contributed by atoms with van der Waals surface area (Å²) in [6.07, 6.45) is 0. The zero-order valence-corrected chi connectivity index (χ0v) is 11.3. The van der Waals surface area contributed by atoms with Crippen molar-refractivity contribution in [2.24, 2.45) is 0 Å². The Morgan fingerprint density at radius 3 is 2.65 bits per heavy atom. The molecule has 0 unspecified atom stereocenters. The first-order valence-electron chi connectivity index (χ1n) is 6.16. The highest BCUT2D eigenvalue weighted by Gasteiger charge is 2.12. The molecule has 0 fully saturated rings. The van der Waals surface area contributed by atoms with Gasteiger partial charge in [-0.05, 0) is 24.3 Å². The number of anilines is 2. The van der Waals surface area contributed by atoms with Gasteiger partial charge >= 0.3 is 6.01 Å². The predicted octanol–water partition coefficient (Wildman–Crippen LogP) is 1.79. The molecule has 0 atom stereocenters. The second-order valence-corrected chi connectivity index (χ2v) is 4.51. The Morgan fingerprint density at radius 2 is 2.05 bits per heavy atom. The van der Waals surface area contributed by atoms with Crippen molar-refractivity contribution in [2.75, 3.05) is 17.7 Å². The molecule has 2 aromatic rings.